The molecule has 0 saturated heterocycles. The lowest BCUT2D eigenvalue weighted by Crippen LogP contribution is -2.25. The maximum absolute atomic E-state index is 12.0. The van der Waals surface area contributed by atoms with Gasteiger partial charge >= 0.3 is 0 Å². The molecule has 2 aromatic carbocycles. The molecule has 6 heteroatoms. The highest BCUT2D eigenvalue weighted by Gasteiger charge is 2.10. The third-order valence-corrected chi connectivity index (χ3v) is 3.59. The first-order valence-corrected chi connectivity index (χ1v) is 8.55. The summed E-state index contributed by atoms with van der Waals surface area (Å²) in [7, 11) is 0. The van der Waals surface area contributed by atoms with Gasteiger partial charge in [0.15, 0.2) is 0 Å². The van der Waals surface area contributed by atoms with E-state index >= 15 is 0 Å². The fourth-order valence-corrected chi connectivity index (χ4v) is 2.33. The Hall–Kier alpha value is -3.15. The largest absolute Gasteiger partial charge is 0.494 e. The first kappa shape index (κ1) is 19.2. The molecule has 2 amide bonds. The van der Waals surface area contributed by atoms with Gasteiger partial charge in [-0.05, 0) is 54.8 Å². The maximum atomic E-state index is 12.0. The van der Waals surface area contributed by atoms with Gasteiger partial charge in [0.2, 0.25) is 11.8 Å². The molecular formula is C20H23N3O3. The van der Waals surface area contributed by atoms with Crippen LogP contribution in [0.2, 0.25) is 0 Å². The zero-order chi connectivity index (χ0) is 18.8. The molecule has 0 aliphatic rings. The normalized spacial score (nSPS) is 10.5. The second kappa shape index (κ2) is 9.98. The lowest BCUT2D eigenvalue weighted by Gasteiger charge is -2.09. The van der Waals surface area contributed by atoms with Crippen molar-refractivity contribution in [2.24, 2.45) is 5.10 Å². The number of hydrazone groups is 1. The van der Waals surface area contributed by atoms with E-state index in [0.29, 0.717) is 6.61 Å². The van der Waals surface area contributed by atoms with E-state index < -0.39 is 5.91 Å². The van der Waals surface area contributed by atoms with Crippen LogP contribution in [0.1, 0.15) is 31.4 Å². The number of benzene rings is 2. The monoisotopic (exact) mass is 353 g/mol. The zero-order valence-corrected chi connectivity index (χ0v) is 15.0. The van der Waals surface area contributed by atoms with Crippen molar-refractivity contribution in [1.29, 1.82) is 0 Å². The number of hydrogen-bond donors (Lipinski definition) is 2. The summed E-state index contributed by atoms with van der Waals surface area (Å²) in [5, 5.41) is 6.62. The van der Waals surface area contributed by atoms with E-state index in [1.807, 2.05) is 62.4 Å². The number of rotatable bonds is 8. The lowest BCUT2D eigenvalue weighted by atomic mass is 10.1. The summed E-state index contributed by atoms with van der Waals surface area (Å²) in [5.41, 5.74) is 4.92. The number of carbonyl (C=O) groups is 2. The Morgan fingerprint density at radius 3 is 2.46 bits per heavy atom. The average Bonchev–Trinajstić information content (AvgIpc) is 2.63. The summed E-state index contributed by atoms with van der Waals surface area (Å²) in [6.07, 6.45) is 2.02. The third kappa shape index (κ3) is 6.05. The fourth-order valence-electron chi connectivity index (χ4n) is 2.33. The van der Waals surface area contributed by atoms with Crippen LogP contribution in [0.3, 0.4) is 0 Å². The predicted octanol–water partition coefficient (Wildman–Crippen LogP) is 3.13. The molecule has 26 heavy (non-hydrogen) atoms. The molecule has 2 aromatic rings. The van der Waals surface area contributed by atoms with E-state index in [9.17, 15) is 9.59 Å². The minimum absolute atomic E-state index is 0.293. The van der Waals surface area contributed by atoms with Crippen LogP contribution in [0.15, 0.2) is 53.6 Å². The molecule has 0 atom stereocenters. The second-order valence-electron chi connectivity index (χ2n) is 5.53. The van der Waals surface area contributed by atoms with Gasteiger partial charge in [0, 0.05) is 5.69 Å². The molecule has 136 valence electrons. The number of amides is 2. The molecule has 0 radical (unpaired) electrons. The summed E-state index contributed by atoms with van der Waals surface area (Å²) in [4.78, 5) is 23.8. The van der Waals surface area contributed by atoms with Crippen LogP contribution in [0.25, 0.3) is 0 Å². The maximum Gasteiger partial charge on any atom is 0.249 e. The SMILES string of the molecule is CCOc1ccc(C=NNC(=O)CC(=O)Nc2ccccc2CC)cc1. The molecule has 6 nitrogen and oxygen atoms in total. The smallest absolute Gasteiger partial charge is 0.249 e. The second-order valence-corrected chi connectivity index (χ2v) is 5.53. The van der Waals surface area contributed by atoms with Gasteiger partial charge in [-0.2, -0.15) is 5.10 Å². The van der Waals surface area contributed by atoms with Crippen LogP contribution >= 0.6 is 0 Å². The van der Waals surface area contributed by atoms with Crippen molar-refractivity contribution in [1.82, 2.24) is 5.43 Å². The van der Waals surface area contributed by atoms with E-state index in [1.165, 1.54) is 6.21 Å². The molecule has 0 aliphatic heterocycles. The Morgan fingerprint density at radius 2 is 1.77 bits per heavy atom. The Balaban J connectivity index is 1.81. The molecule has 0 aromatic heterocycles. The third-order valence-electron chi connectivity index (χ3n) is 3.59. The van der Waals surface area contributed by atoms with Gasteiger partial charge in [-0.15, -0.1) is 0 Å². The number of carbonyl (C=O) groups excluding carboxylic acids is 2. The number of nitrogens with one attached hydrogen (secondary N) is 2. The van der Waals surface area contributed by atoms with Crippen molar-refractivity contribution in [2.75, 3.05) is 11.9 Å². The van der Waals surface area contributed by atoms with Crippen LogP contribution in [0, 0.1) is 0 Å². The number of para-hydroxylation sites is 1. The van der Waals surface area contributed by atoms with Gasteiger partial charge in [0.25, 0.3) is 0 Å². The zero-order valence-electron chi connectivity index (χ0n) is 15.0. The topological polar surface area (TPSA) is 79.8 Å². The lowest BCUT2D eigenvalue weighted by molar-refractivity contribution is -0.126. The van der Waals surface area contributed by atoms with Crippen molar-refractivity contribution in [3.05, 3.63) is 59.7 Å². The van der Waals surface area contributed by atoms with Crippen LogP contribution in [-0.2, 0) is 16.0 Å². The number of anilines is 1. The van der Waals surface area contributed by atoms with E-state index in [2.05, 4.69) is 15.8 Å². The summed E-state index contributed by atoms with van der Waals surface area (Å²) in [6.45, 7) is 4.53. The number of nitrogens with zero attached hydrogens (tertiary/aromatic N) is 1. The van der Waals surface area contributed by atoms with Crippen molar-refractivity contribution >= 4 is 23.7 Å². The number of aryl methyl sites for hydroxylation is 1. The molecule has 0 aliphatic carbocycles. The van der Waals surface area contributed by atoms with Gasteiger partial charge in [0.1, 0.15) is 12.2 Å². The van der Waals surface area contributed by atoms with Crippen LogP contribution in [0.4, 0.5) is 5.69 Å². The van der Waals surface area contributed by atoms with E-state index in [4.69, 9.17) is 4.74 Å². The Labute approximate surface area is 153 Å². The Morgan fingerprint density at radius 1 is 1.04 bits per heavy atom. The van der Waals surface area contributed by atoms with E-state index in [0.717, 1.165) is 29.0 Å². The van der Waals surface area contributed by atoms with E-state index in [-0.39, 0.29) is 12.3 Å². The Kier molecular flexibility index (Phi) is 7.36. The fraction of sp³-hybridized carbons (Fsp3) is 0.250. The number of ether oxygens (including phenoxy) is 1. The van der Waals surface area contributed by atoms with Gasteiger partial charge in [-0.3, -0.25) is 9.59 Å². The average molecular weight is 353 g/mol. The standard InChI is InChI=1S/C20H23N3O3/c1-3-16-7-5-6-8-18(16)22-19(24)13-20(25)23-21-14-15-9-11-17(12-10-15)26-4-2/h5-12,14H,3-4,13H2,1-2H3,(H,22,24)(H,23,25). The molecule has 0 unspecified atom stereocenters. The van der Waals surface area contributed by atoms with E-state index in [1.54, 1.807) is 0 Å². The molecule has 0 fully saturated rings. The quantitative estimate of drug-likeness (QED) is 0.435. The summed E-state index contributed by atoms with van der Waals surface area (Å²) in [5.74, 6) is -0.0731. The molecule has 0 saturated carbocycles. The van der Waals surface area contributed by atoms with Crippen molar-refractivity contribution in [3.8, 4) is 5.75 Å². The molecule has 2 N–H and O–H groups in total. The highest BCUT2D eigenvalue weighted by Crippen LogP contribution is 2.15. The van der Waals surface area contributed by atoms with Gasteiger partial charge in [-0.1, -0.05) is 25.1 Å². The van der Waals surface area contributed by atoms with Crippen molar-refractivity contribution in [3.63, 3.8) is 0 Å². The van der Waals surface area contributed by atoms with Gasteiger partial charge in [-0.25, -0.2) is 5.43 Å². The highest BCUT2D eigenvalue weighted by atomic mass is 16.5. The summed E-state index contributed by atoms with van der Waals surface area (Å²) >= 11 is 0. The number of hydrogen-bond acceptors (Lipinski definition) is 4. The Bertz CT molecular complexity index is 770. The minimum atomic E-state index is -0.473. The highest BCUT2D eigenvalue weighted by molar-refractivity contribution is 6.04. The van der Waals surface area contributed by atoms with Crippen LogP contribution in [0.5, 0.6) is 5.75 Å². The van der Waals surface area contributed by atoms with Gasteiger partial charge in [0.05, 0.1) is 12.8 Å². The first-order valence-electron chi connectivity index (χ1n) is 8.55. The first-order chi connectivity index (χ1) is 12.6. The van der Waals surface area contributed by atoms with Gasteiger partial charge < -0.3 is 10.1 Å². The minimum Gasteiger partial charge on any atom is -0.494 e. The summed E-state index contributed by atoms with van der Waals surface area (Å²) < 4.78 is 5.35. The molecule has 0 bridgehead atoms. The van der Waals surface area contributed by atoms with Crippen molar-refractivity contribution in [2.45, 2.75) is 26.7 Å². The molecule has 0 spiro atoms. The van der Waals surface area contributed by atoms with Crippen molar-refractivity contribution < 1.29 is 14.3 Å². The van der Waals surface area contributed by atoms with Crippen LogP contribution < -0.4 is 15.5 Å². The molecular weight excluding hydrogens is 330 g/mol. The molecule has 0 heterocycles. The summed E-state index contributed by atoms with van der Waals surface area (Å²) in [6, 6.07) is 14.8. The van der Waals surface area contributed by atoms with Crippen LogP contribution in [-0.4, -0.2) is 24.6 Å². The predicted molar refractivity (Wildman–Crippen MR) is 102 cm³/mol. The molecule has 2 rings (SSSR count).